The van der Waals surface area contributed by atoms with Gasteiger partial charge in [-0.05, 0) is 67.8 Å². The Bertz CT molecular complexity index is 1740. The fourth-order valence-electron chi connectivity index (χ4n) is 5.43. The van der Waals surface area contributed by atoms with Crippen LogP contribution in [0.15, 0.2) is 77.3 Å². The average molecular weight is 562 g/mol. The van der Waals surface area contributed by atoms with Gasteiger partial charge in [0.15, 0.2) is 0 Å². The van der Waals surface area contributed by atoms with Crippen molar-refractivity contribution in [3.8, 4) is 17.2 Å². The van der Waals surface area contributed by atoms with Gasteiger partial charge >= 0.3 is 5.97 Å². The van der Waals surface area contributed by atoms with Crippen molar-refractivity contribution < 1.29 is 32.2 Å². The molecule has 3 aromatic carbocycles. The number of benzene rings is 3. The minimum Gasteiger partial charge on any atom is -0.496 e. The van der Waals surface area contributed by atoms with E-state index in [1.165, 1.54) is 18.2 Å². The molecular formula is C31H31NO7S. The molecule has 1 aliphatic rings. The summed E-state index contributed by atoms with van der Waals surface area (Å²) < 4.78 is 50.5. The van der Waals surface area contributed by atoms with Crippen LogP contribution in [0.1, 0.15) is 30.5 Å². The molecular weight excluding hydrogens is 530 g/mol. The summed E-state index contributed by atoms with van der Waals surface area (Å²) >= 11 is 0. The number of carbonyl (C=O) groups excluding carboxylic acids is 1. The SMILES string of the molecule is CCOC(=O)C1(c2c(OC)cc(OC)cc2OC)C(C)=C1c1ccc2c(ccn2S(=O)(=O)c2ccc(C)cc2)c1. The van der Waals surface area contributed by atoms with Crippen molar-refractivity contribution >= 4 is 32.5 Å². The summed E-state index contributed by atoms with van der Waals surface area (Å²) in [5, 5.41) is 0.715. The Balaban J connectivity index is 1.64. The highest BCUT2D eigenvalue weighted by atomic mass is 32.2. The Labute approximate surface area is 233 Å². The van der Waals surface area contributed by atoms with E-state index in [4.69, 9.17) is 18.9 Å². The van der Waals surface area contributed by atoms with Crippen LogP contribution in [0.4, 0.5) is 0 Å². The van der Waals surface area contributed by atoms with Crippen molar-refractivity contribution in [3.63, 3.8) is 0 Å². The summed E-state index contributed by atoms with van der Waals surface area (Å²) in [5.74, 6) is 0.933. The second-order valence-electron chi connectivity index (χ2n) is 9.58. The zero-order valence-corrected chi connectivity index (χ0v) is 24.1. The first kappa shape index (κ1) is 27.3. The van der Waals surface area contributed by atoms with Crippen molar-refractivity contribution in [2.24, 2.45) is 0 Å². The number of rotatable bonds is 9. The molecule has 1 heterocycles. The van der Waals surface area contributed by atoms with Gasteiger partial charge in [0.05, 0.1) is 43.9 Å². The first-order valence-electron chi connectivity index (χ1n) is 12.8. The van der Waals surface area contributed by atoms with E-state index in [2.05, 4.69) is 0 Å². The van der Waals surface area contributed by atoms with Crippen molar-refractivity contribution in [1.29, 1.82) is 0 Å². The van der Waals surface area contributed by atoms with Gasteiger partial charge in [0.2, 0.25) is 0 Å². The van der Waals surface area contributed by atoms with E-state index in [1.807, 2.05) is 26.0 Å². The van der Waals surface area contributed by atoms with Gasteiger partial charge in [-0.2, -0.15) is 0 Å². The molecule has 0 aliphatic heterocycles. The molecule has 1 unspecified atom stereocenters. The first-order valence-corrected chi connectivity index (χ1v) is 14.2. The number of carbonyl (C=O) groups is 1. The lowest BCUT2D eigenvalue weighted by Crippen LogP contribution is -2.29. The van der Waals surface area contributed by atoms with Gasteiger partial charge in [-0.1, -0.05) is 23.8 Å². The van der Waals surface area contributed by atoms with Gasteiger partial charge in [-0.3, -0.25) is 4.79 Å². The maximum atomic E-state index is 13.7. The highest BCUT2D eigenvalue weighted by Gasteiger charge is 2.62. The highest BCUT2D eigenvalue weighted by Crippen LogP contribution is 2.64. The summed E-state index contributed by atoms with van der Waals surface area (Å²) in [4.78, 5) is 13.9. The maximum absolute atomic E-state index is 13.7. The number of fused-ring (bicyclic) bond motifs is 1. The summed E-state index contributed by atoms with van der Waals surface area (Å²) in [6.07, 6.45) is 1.55. The summed E-state index contributed by atoms with van der Waals surface area (Å²) in [5.41, 5.74) is 3.12. The quantitative estimate of drug-likeness (QED) is 0.249. The molecule has 0 spiro atoms. The van der Waals surface area contributed by atoms with Crippen molar-refractivity contribution in [3.05, 3.63) is 89.1 Å². The van der Waals surface area contributed by atoms with Crippen LogP contribution in [0.2, 0.25) is 0 Å². The standard InChI is InChI=1S/C31H31NO7S/c1-7-39-30(33)31(29-26(37-5)17-23(36-4)18-27(29)38-6)20(3)28(31)22-10-13-25-21(16-22)14-15-32(25)40(34,35)24-11-8-19(2)9-12-24/h8-18H,7H2,1-6H3. The van der Waals surface area contributed by atoms with Crippen molar-refractivity contribution in [2.75, 3.05) is 27.9 Å². The van der Waals surface area contributed by atoms with Gasteiger partial charge in [-0.15, -0.1) is 0 Å². The predicted molar refractivity (Wildman–Crippen MR) is 153 cm³/mol. The Morgan fingerprint density at radius 1 is 0.875 bits per heavy atom. The van der Waals surface area contributed by atoms with Crippen LogP contribution in [0.3, 0.4) is 0 Å². The van der Waals surface area contributed by atoms with Gasteiger partial charge in [0.1, 0.15) is 22.7 Å². The van der Waals surface area contributed by atoms with E-state index >= 15 is 0 Å². The fraction of sp³-hybridized carbons (Fsp3) is 0.258. The van der Waals surface area contributed by atoms with Gasteiger partial charge in [0, 0.05) is 23.7 Å². The fourth-order valence-corrected chi connectivity index (χ4v) is 6.78. The van der Waals surface area contributed by atoms with E-state index in [0.29, 0.717) is 33.7 Å². The number of aromatic nitrogens is 1. The molecule has 1 aromatic heterocycles. The molecule has 5 rings (SSSR count). The number of nitrogens with zero attached hydrogens (tertiary/aromatic N) is 1. The minimum atomic E-state index is -3.79. The molecule has 0 fully saturated rings. The third-order valence-corrected chi connectivity index (χ3v) is 9.15. The Hall–Kier alpha value is -4.24. The second kappa shape index (κ2) is 10.1. The van der Waals surface area contributed by atoms with Crippen LogP contribution in [-0.4, -0.2) is 46.3 Å². The molecule has 8 nitrogen and oxygen atoms in total. The van der Waals surface area contributed by atoms with Crippen LogP contribution in [0.25, 0.3) is 16.5 Å². The summed E-state index contributed by atoms with van der Waals surface area (Å²) in [6, 6.07) is 17.4. The van der Waals surface area contributed by atoms with Crippen LogP contribution < -0.4 is 14.2 Å². The third-order valence-electron chi connectivity index (χ3n) is 7.44. The number of esters is 1. The van der Waals surface area contributed by atoms with Crippen LogP contribution >= 0.6 is 0 Å². The molecule has 0 N–H and O–H groups in total. The normalized spacial score (nSPS) is 16.6. The zero-order chi connectivity index (χ0) is 28.8. The zero-order valence-electron chi connectivity index (χ0n) is 23.3. The highest BCUT2D eigenvalue weighted by molar-refractivity contribution is 7.90. The molecule has 0 bridgehead atoms. The largest absolute Gasteiger partial charge is 0.496 e. The molecule has 1 aliphatic carbocycles. The lowest BCUT2D eigenvalue weighted by molar-refractivity contribution is -0.145. The van der Waals surface area contributed by atoms with E-state index in [0.717, 1.165) is 22.3 Å². The smallest absolute Gasteiger partial charge is 0.325 e. The molecule has 40 heavy (non-hydrogen) atoms. The van der Waals surface area contributed by atoms with E-state index in [-0.39, 0.29) is 11.5 Å². The Morgan fingerprint density at radius 3 is 2.10 bits per heavy atom. The number of methoxy groups -OCH3 is 3. The van der Waals surface area contributed by atoms with Crippen LogP contribution in [-0.2, 0) is 25.0 Å². The third kappa shape index (κ3) is 4.03. The summed E-state index contributed by atoms with van der Waals surface area (Å²) in [7, 11) is 0.800. The lowest BCUT2D eigenvalue weighted by Gasteiger charge is -2.24. The van der Waals surface area contributed by atoms with Crippen LogP contribution in [0, 0.1) is 6.92 Å². The molecule has 1 atom stereocenters. The predicted octanol–water partition coefficient (Wildman–Crippen LogP) is 5.50. The maximum Gasteiger partial charge on any atom is 0.325 e. The number of hydrogen-bond acceptors (Lipinski definition) is 7. The first-order chi connectivity index (χ1) is 19.1. The lowest BCUT2D eigenvalue weighted by atomic mass is 9.84. The molecule has 0 radical (unpaired) electrons. The molecule has 0 saturated carbocycles. The van der Waals surface area contributed by atoms with Gasteiger partial charge in [0.25, 0.3) is 10.0 Å². The molecule has 0 amide bonds. The topological polar surface area (TPSA) is 93.1 Å². The van der Waals surface area contributed by atoms with Crippen molar-refractivity contribution in [1.82, 2.24) is 3.97 Å². The van der Waals surface area contributed by atoms with Gasteiger partial charge < -0.3 is 18.9 Å². The number of hydrogen-bond donors (Lipinski definition) is 0. The second-order valence-corrected chi connectivity index (χ2v) is 11.4. The molecule has 4 aromatic rings. The van der Waals surface area contributed by atoms with Crippen LogP contribution in [0.5, 0.6) is 17.2 Å². The molecule has 208 valence electrons. The minimum absolute atomic E-state index is 0.195. The molecule has 0 saturated heterocycles. The van der Waals surface area contributed by atoms with Crippen molar-refractivity contribution in [2.45, 2.75) is 31.1 Å². The monoisotopic (exact) mass is 561 g/mol. The van der Waals surface area contributed by atoms with E-state index < -0.39 is 21.4 Å². The van der Waals surface area contributed by atoms with E-state index in [1.54, 1.807) is 68.8 Å². The molecule has 9 heteroatoms. The van der Waals surface area contributed by atoms with Gasteiger partial charge in [-0.25, -0.2) is 12.4 Å². The average Bonchev–Trinajstić information content (AvgIpc) is 3.33. The number of ether oxygens (including phenoxy) is 4. The Morgan fingerprint density at radius 2 is 1.52 bits per heavy atom. The number of aryl methyl sites for hydroxylation is 1. The van der Waals surface area contributed by atoms with E-state index in [9.17, 15) is 13.2 Å². The summed E-state index contributed by atoms with van der Waals surface area (Å²) in [6.45, 7) is 5.74. The Kier molecular flexibility index (Phi) is 6.87.